The van der Waals surface area contributed by atoms with Crippen molar-refractivity contribution in [1.29, 1.82) is 0 Å². The van der Waals surface area contributed by atoms with Gasteiger partial charge >= 0.3 is 0 Å². The molecule has 2 bridgehead atoms. The smallest absolute Gasteiger partial charge is 0.00441 e. The lowest BCUT2D eigenvalue weighted by Gasteiger charge is -2.31. The molecule has 0 spiro atoms. The van der Waals surface area contributed by atoms with E-state index in [0.29, 0.717) is 10.8 Å². The molecule has 0 nitrogen and oxygen atoms in total. The van der Waals surface area contributed by atoms with Crippen molar-refractivity contribution in [2.75, 3.05) is 0 Å². The average molecular weight is 136 g/mol. The summed E-state index contributed by atoms with van der Waals surface area (Å²) in [5, 5.41) is 0. The molecule has 0 aliphatic heterocycles. The van der Waals surface area contributed by atoms with Gasteiger partial charge in [-0.2, -0.15) is 0 Å². The highest BCUT2D eigenvalue weighted by atomic mass is 14.6. The van der Waals surface area contributed by atoms with Gasteiger partial charge in [0.2, 0.25) is 0 Å². The summed E-state index contributed by atoms with van der Waals surface area (Å²) in [5.41, 5.74) is 0.918. The highest BCUT2D eigenvalue weighted by molar-refractivity contribution is 5.13. The molecule has 10 heavy (non-hydrogen) atoms. The molecule has 0 aromatic carbocycles. The van der Waals surface area contributed by atoms with Crippen LogP contribution in [0.5, 0.6) is 0 Å². The van der Waals surface area contributed by atoms with Gasteiger partial charge in [-0.15, -0.1) is 0 Å². The van der Waals surface area contributed by atoms with E-state index < -0.39 is 0 Å². The molecular weight excluding hydrogens is 120 g/mol. The van der Waals surface area contributed by atoms with Gasteiger partial charge in [-0.3, -0.25) is 0 Å². The van der Waals surface area contributed by atoms with E-state index in [4.69, 9.17) is 0 Å². The van der Waals surface area contributed by atoms with E-state index in [1.165, 1.54) is 19.3 Å². The first-order chi connectivity index (χ1) is 4.52. The van der Waals surface area contributed by atoms with Crippen LogP contribution in [0.15, 0.2) is 0 Å². The summed E-state index contributed by atoms with van der Waals surface area (Å²) in [6.45, 7) is 7.03. The third-order valence-corrected chi connectivity index (χ3v) is 3.39. The molecule has 2 atom stereocenters. The van der Waals surface area contributed by atoms with Gasteiger partial charge in [0, 0.05) is 0 Å². The van der Waals surface area contributed by atoms with Crippen molar-refractivity contribution in [1.82, 2.24) is 0 Å². The lowest BCUT2D eigenvalue weighted by Crippen LogP contribution is -2.23. The maximum atomic E-state index is 3.71. The van der Waals surface area contributed by atoms with Crippen LogP contribution >= 0.6 is 0 Å². The van der Waals surface area contributed by atoms with Crippen LogP contribution in [0.1, 0.15) is 40.0 Å². The minimum atomic E-state index is 0.424. The zero-order valence-corrected chi connectivity index (χ0v) is 7.20. The minimum absolute atomic E-state index is 0.424. The van der Waals surface area contributed by atoms with Gasteiger partial charge in [-0.1, -0.05) is 20.8 Å². The number of hydrogen-bond acceptors (Lipinski definition) is 0. The second kappa shape index (κ2) is 1.60. The zero-order valence-electron chi connectivity index (χ0n) is 7.20. The Morgan fingerprint density at radius 3 is 2.20 bits per heavy atom. The predicted molar refractivity (Wildman–Crippen MR) is 42.5 cm³/mol. The van der Waals surface area contributed by atoms with Gasteiger partial charge in [0.1, 0.15) is 0 Å². The van der Waals surface area contributed by atoms with E-state index in [1.807, 2.05) is 0 Å². The molecule has 2 aliphatic carbocycles. The van der Waals surface area contributed by atoms with Crippen LogP contribution in [0.2, 0.25) is 0 Å². The number of fused-ring (bicyclic) bond motifs is 2. The van der Waals surface area contributed by atoms with Crippen LogP contribution in [-0.4, -0.2) is 0 Å². The van der Waals surface area contributed by atoms with Crippen molar-refractivity contribution < 1.29 is 0 Å². The highest BCUT2D eigenvalue weighted by Crippen LogP contribution is 2.61. The quantitative estimate of drug-likeness (QED) is 0.480. The standard InChI is InChI=1S/C10H16/c1-9(2)7-10(3)5-4-8(9)6-10/h8H,4-6H2,1-3H3/t8-,10+/m1/s1. The van der Waals surface area contributed by atoms with Gasteiger partial charge in [-0.25, -0.2) is 0 Å². The second-order valence-electron chi connectivity index (χ2n) is 4.85. The molecule has 0 heteroatoms. The minimum Gasteiger partial charge on any atom is -0.0590 e. The molecule has 2 fully saturated rings. The molecule has 0 amide bonds. The summed E-state index contributed by atoms with van der Waals surface area (Å²) >= 11 is 0. The summed E-state index contributed by atoms with van der Waals surface area (Å²) in [5.74, 6) is 0.942. The maximum absolute atomic E-state index is 3.71. The van der Waals surface area contributed by atoms with E-state index in [-0.39, 0.29) is 0 Å². The van der Waals surface area contributed by atoms with Crippen LogP contribution in [0.3, 0.4) is 0 Å². The summed E-state index contributed by atoms with van der Waals surface area (Å²) in [7, 11) is 0. The van der Waals surface area contributed by atoms with Gasteiger partial charge in [0.05, 0.1) is 0 Å². The third-order valence-electron chi connectivity index (χ3n) is 3.39. The lowest BCUT2D eigenvalue weighted by atomic mass is 9.73. The first-order valence-electron chi connectivity index (χ1n) is 4.31. The van der Waals surface area contributed by atoms with Crippen LogP contribution < -0.4 is 0 Å². The van der Waals surface area contributed by atoms with Crippen LogP contribution in [0.25, 0.3) is 0 Å². The van der Waals surface area contributed by atoms with Crippen molar-refractivity contribution in [2.45, 2.75) is 40.0 Å². The zero-order chi connectivity index (χ0) is 7.41. The first-order valence-corrected chi connectivity index (χ1v) is 4.31. The molecule has 0 aromatic heterocycles. The Labute approximate surface area is 64.0 Å². The molecule has 2 saturated carbocycles. The normalized spacial score (nSPS) is 50.1. The molecule has 2 rings (SSSR count). The van der Waals surface area contributed by atoms with Crippen molar-refractivity contribution in [3.8, 4) is 0 Å². The molecule has 2 radical (unpaired) electrons. The SMILES string of the molecule is CC1(C)[C][C@@]2(C)CC[C@@H]1C2. The average Bonchev–Trinajstić information content (AvgIpc) is 2.16. The molecule has 56 valence electrons. The molecule has 0 heterocycles. The lowest BCUT2D eigenvalue weighted by molar-refractivity contribution is 0.266. The van der Waals surface area contributed by atoms with E-state index in [1.54, 1.807) is 0 Å². The Morgan fingerprint density at radius 1 is 1.30 bits per heavy atom. The van der Waals surface area contributed by atoms with E-state index >= 15 is 0 Å². The molecule has 0 aromatic rings. The molecular formula is C10H16. The Hall–Kier alpha value is 0. The fraction of sp³-hybridized carbons (Fsp3) is 0.900. The van der Waals surface area contributed by atoms with E-state index in [2.05, 4.69) is 27.2 Å². The van der Waals surface area contributed by atoms with E-state index in [0.717, 1.165) is 5.92 Å². The van der Waals surface area contributed by atoms with Crippen LogP contribution in [0, 0.1) is 23.2 Å². The summed E-state index contributed by atoms with van der Waals surface area (Å²) in [6, 6.07) is 0. The predicted octanol–water partition coefficient (Wildman–Crippen LogP) is 2.91. The van der Waals surface area contributed by atoms with E-state index in [9.17, 15) is 0 Å². The summed E-state index contributed by atoms with van der Waals surface area (Å²) in [6.07, 6.45) is 7.94. The fourth-order valence-electron chi connectivity index (χ4n) is 2.85. The third kappa shape index (κ3) is 0.741. The van der Waals surface area contributed by atoms with Gasteiger partial charge < -0.3 is 0 Å². The Morgan fingerprint density at radius 2 is 2.00 bits per heavy atom. The van der Waals surface area contributed by atoms with Crippen molar-refractivity contribution in [3.63, 3.8) is 0 Å². The monoisotopic (exact) mass is 136 g/mol. The molecule has 0 N–H and O–H groups in total. The Balaban J connectivity index is 2.25. The second-order valence-corrected chi connectivity index (χ2v) is 4.85. The maximum Gasteiger partial charge on any atom is -0.00441 e. The van der Waals surface area contributed by atoms with Crippen molar-refractivity contribution >= 4 is 0 Å². The van der Waals surface area contributed by atoms with Crippen LogP contribution in [0.4, 0.5) is 0 Å². The molecule has 0 unspecified atom stereocenters. The first kappa shape index (κ1) is 6.69. The molecule has 0 saturated heterocycles. The van der Waals surface area contributed by atoms with Gasteiger partial charge in [-0.05, 0) is 42.4 Å². The number of hydrogen-bond donors (Lipinski definition) is 0. The molecule has 2 aliphatic rings. The topological polar surface area (TPSA) is 0 Å². The summed E-state index contributed by atoms with van der Waals surface area (Å²) < 4.78 is 0. The van der Waals surface area contributed by atoms with Gasteiger partial charge in [0.25, 0.3) is 0 Å². The highest BCUT2D eigenvalue weighted by Gasteiger charge is 2.52. The van der Waals surface area contributed by atoms with Gasteiger partial charge in [0.15, 0.2) is 0 Å². The van der Waals surface area contributed by atoms with Crippen molar-refractivity contribution in [3.05, 3.63) is 6.42 Å². The Kier molecular flexibility index (Phi) is 1.07. The Bertz CT molecular complexity index is 155. The number of rotatable bonds is 0. The van der Waals surface area contributed by atoms with Crippen LogP contribution in [-0.2, 0) is 0 Å². The summed E-state index contributed by atoms with van der Waals surface area (Å²) in [4.78, 5) is 0. The largest absolute Gasteiger partial charge is 0.0590 e. The van der Waals surface area contributed by atoms with Crippen molar-refractivity contribution in [2.24, 2.45) is 16.7 Å². The fourth-order valence-corrected chi connectivity index (χ4v) is 2.85.